The van der Waals surface area contributed by atoms with Crippen molar-refractivity contribution in [1.82, 2.24) is 9.78 Å². The molecule has 2 heterocycles. The second-order valence-electron chi connectivity index (χ2n) is 6.64. The molecule has 0 unspecified atom stereocenters. The number of carbonyl (C=O) groups is 1. The Bertz CT molecular complexity index is 824. The van der Waals surface area contributed by atoms with Crippen LogP contribution in [0.15, 0.2) is 23.2 Å². The standard InChI is InChI=1S/C16H20N2O4S/c1-9-10(14(19)11-7-17-18(4)15(11)20)5-6-12-13(9)16(2,3)8-23(12,21)22/h5-7,20-22H,8H2,1-4H3. The van der Waals surface area contributed by atoms with Crippen LogP contribution < -0.4 is 0 Å². The second kappa shape index (κ2) is 4.83. The summed E-state index contributed by atoms with van der Waals surface area (Å²) >= 11 is 0. The minimum atomic E-state index is -2.82. The summed E-state index contributed by atoms with van der Waals surface area (Å²) < 4.78 is 21.8. The Morgan fingerprint density at radius 1 is 1.30 bits per heavy atom. The minimum absolute atomic E-state index is 0.137. The average molecular weight is 336 g/mol. The number of nitrogens with zero attached hydrogens (tertiary/aromatic N) is 2. The first kappa shape index (κ1) is 16.0. The maximum atomic E-state index is 12.7. The molecule has 3 N–H and O–H groups in total. The van der Waals surface area contributed by atoms with Crippen molar-refractivity contribution in [3.63, 3.8) is 0 Å². The van der Waals surface area contributed by atoms with Crippen molar-refractivity contribution in [3.8, 4) is 5.88 Å². The normalized spacial score (nSPS) is 19.4. The van der Waals surface area contributed by atoms with Crippen molar-refractivity contribution in [2.75, 3.05) is 5.75 Å². The van der Waals surface area contributed by atoms with Crippen LogP contribution in [0.4, 0.5) is 0 Å². The van der Waals surface area contributed by atoms with E-state index in [0.29, 0.717) is 10.5 Å². The maximum absolute atomic E-state index is 12.7. The van der Waals surface area contributed by atoms with E-state index in [4.69, 9.17) is 0 Å². The fourth-order valence-electron chi connectivity index (χ4n) is 3.44. The smallest absolute Gasteiger partial charge is 0.220 e. The molecule has 0 bridgehead atoms. The topological polar surface area (TPSA) is 95.6 Å². The molecular formula is C16H20N2O4S. The number of benzene rings is 1. The summed E-state index contributed by atoms with van der Waals surface area (Å²) in [7, 11) is -1.27. The lowest BCUT2D eigenvalue weighted by Gasteiger charge is -2.29. The Kier molecular flexibility index (Phi) is 3.37. The van der Waals surface area contributed by atoms with Gasteiger partial charge in [0.05, 0.1) is 16.8 Å². The first-order chi connectivity index (χ1) is 10.6. The van der Waals surface area contributed by atoms with E-state index < -0.39 is 16.0 Å². The molecule has 7 heteroatoms. The zero-order valence-electron chi connectivity index (χ0n) is 13.5. The molecule has 0 atom stereocenters. The van der Waals surface area contributed by atoms with Crippen LogP contribution in [-0.2, 0) is 12.5 Å². The number of hydrogen-bond acceptors (Lipinski definition) is 5. The van der Waals surface area contributed by atoms with Crippen LogP contribution in [0, 0.1) is 6.92 Å². The SMILES string of the molecule is Cc1c(C(=O)c2cnn(C)c2O)ccc2c1C(C)(C)CS2(O)O. The zero-order valence-corrected chi connectivity index (χ0v) is 14.3. The molecule has 1 aliphatic heterocycles. The lowest BCUT2D eigenvalue weighted by molar-refractivity contribution is 0.103. The van der Waals surface area contributed by atoms with Gasteiger partial charge in [0.15, 0.2) is 5.78 Å². The molecule has 3 rings (SSSR count). The first-order valence-electron chi connectivity index (χ1n) is 7.22. The molecule has 0 aliphatic carbocycles. The molecule has 1 aliphatic rings. The van der Waals surface area contributed by atoms with Crippen LogP contribution in [-0.4, -0.2) is 35.5 Å². The van der Waals surface area contributed by atoms with Crippen LogP contribution in [0.2, 0.25) is 0 Å². The van der Waals surface area contributed by atoms with Gasteiger partial charge in [-0.05, 0) is 30.2 Å². The lowest BCUT2D eigenvalue weighted by atomic mass is 9.81. The fourth-order valence-corrected chi connectivity index (χ4v) is 5.78. The molecule has 0 spiro atoms. The van der Waals surface area contributed by atoms with Crippen molar-refractivity contribution < 1.29 is 19.0 Å². The van der Waals surface area contributed by atoms with Gasteiger partial charge in [0.25, 0.3) is 0 Å². The Labute approximate surface area is 136 Å². The van der Waals surface area contributed by atoms with Gasteiger partial charge in [-0.15, -0.1) is 0 Å². The third kappa shape index (κ3) is 2.27. The van der Waals surface area contributed by atoms with Crippen molar-refractivity contribution in [2.24, 2.45) is 7.05 Å². The van der Waals surface area contributed by atoms with Crippen LogP contribution in [0.5, 0.6) is 5.88 Å². The number of rotatable bonds is 2. The number of carbonyl (C=O) groups excluding carboxylic acids is 1. The minimum Gasteiger partial charge on any atom is -0.493 e. The Hall–Kier alpha value is -1.83. The maximum Gasteiger partial charge on any atom is 0.220 e. The van der Waals surface area contributed by atoms with E-state index in [1.165, 1.54) is 10.9 Å². The van der Waals surface area contributed by atoms with E-state index in [1.54, 1.807) is 19.2 Å². The molecule has 0 saturated heterocycles. The number of fused-ring (bicyclic) bond motifs is 1. The largest absolute Gasteiger partial charge is 0.493 e. The molecule has 0 fully saturated rings. The predicted molar refractivity (Wildman–Crippen MR) is 88.5 cm³/mol. The summed E-state index contributed by atoms with van der Waals surface area (Å²) in [6, 6.07) is 3.21. The number of ketones is 1. The van der Waals surface area contributed by atoms with Gasteiger partial charge in [0.1, 0.15) is 5.56 Å². The van der Waals surface area contributed by atoms with Crippen molar-refractivity contribution in [3.05, 3.63) is 40.6 Å². The molecule has 0 saturated carbocycles. The molecule has 6 nitrogen and oxygen atoms in total. The van der Waals surface area contributed by atoms with Crippen LogP contribution in [0.1, 0.15) is 40.9 Å². The summed E-state index contributed by atoms with van der Waals surface area (Å²) in [5.74, 6) is -0.250. The molecule has 2 aromatic rings. The molecule has 0 radical (unpaired) electrons. The highest BCUT2D eigenvalue weighted by molar-refractivity contribution is 8.24. The Morgan fingerprint density at radius 3 is 2.52 bits per heavy atom. The average Bonchev–Trinajstić information content (AvgIpc) is 2.85. The van der Waals surface area contributed by atoms with E-state index in [9.17, 15) is 19.0 Å². The number of aryl methyl sites for hydroxylation is 1. The van der Waals surface area contributed by atoms with E-state index in [0.717, 1.165) is 11.1 Å². The predicted octanol–water partition coefficient (Wildman–Crippen LogP) is 3.07. The van der Waals surface area contributed by atoms with Crippen LogP contribution in [0.25, 0.3) is 0 Å². The summed E-state index contributed by atoms with van der Waals surface area (Å²) in [4.78, 5) is 13.3. The quantitative estimate of drug-likeness (QED) is 0.733. The summed E-state index contributed by atoms with van der Waals surface area (Å²) in [5.41, 5.74) is 1.69. The highest BCUT2D eigenvalue weighted by Crippen LogP contribution is 2.62. The van der Waals surface area contributed by atoms with Gasteiger partial charge < -0.3 is 5.11 Å². The van der Waals surface area contributed by atoms with Gasteiger partial charge in [0, 0.05) is 18.0 Å². The molecule has 23 heavy (non-hydrogen) atoms. The molecule has 1 aromatic heterocycles. The number of aromatic hydroxyl groups is 1. The zero-order chi connectivity index (χ0) is 17.2. The molecule has 124 valence electrons. The fraction of sp³-hybridized carbons (Fsp3) is 0.375. The third-order valence-corrected chi connectivity index (χ3v) is 6.58. The van der Waals surface area contributed by atoms with E-state index in [1.807, 2.05) is 20.8 Å². The van der Waals surface area contributed by atoms with Crippen LogP contribution in [0.3, 0.4) is 0 Å². The third-order valence-electron chi connectivity index (χ3n) is 4.41. The monoisotopic (exact) mass is 336 g/mol. The summed E-state index contributed by atoms with van der Waals surface area (Å²) in [6.45, 7) is 5.69. The van der Waals surface area contributed by atoms with Gasteiger partial charge in [-0.2, -0.15) is 15.7 Å². The van der Waals surface area contributed by atoms with E-state index in [-0.39, 0.29) is 23.0 Å². The van der Waals surface area contributed by atoms with Crippen molar-refractivity contribution in [1.29, 1.82) is 0 Å². The Balaban J connectivity index is 2.18. The molecule has 1 aromatic carbocycles. The van der Waals surface area contributed by atoms with Gasteiger partial charge in [-0.1, -0.05) is 13.8 Å². The van der Waals surface area contributed by atoms with Crippen molar-refractivity contribution >= 4 is 16.4 Å². The van der Waals surface area contributed by atoms with Gasteiger partial charge in [-0.25, -0.2) is 4.68 Å². The Morgan fingerprint density at radius 2 is 1.96 bits per heavy atom. The second-order valence-corrected chi connectivity index (χ2v) is 8.70. The highest BCUT2D eigenvalue weighted by atomic mass is 32.3. The van der Waals surface area contributed by atoms with E-state index >= 15 is 0 Å². The molecule has 0 amide bonds. The lowest BCUT2D eigenvalue weighted by Crippen LogP contribution is -2.20. The summed E-state index contributed by atoms with van der Waals surface area (Å²) in [5, 5.41) is 13.8. The first-order valence-corrected chi connectivity index (χ1v) is 8.93. The van der Waals surface area contributed by atoms with Crippen molar-refractivity contribution in [2.45, 2.75) is 31.1 Å². The van der Waals surface area contributed by atoms with Gasteiger partial charge >= 0.3 is 0 Å². The number of aromatic nitrogens is 2. The van der Waals surface area contributed by atoms with Gasteiger partial charge in [0.2, 0.25) is 5.88 Å². The van der Waals surface area contributed by atoms with Gasteiger partial charge in [-0.3, -0.25) is 13.9 Å². The van der Waals surface area contributed by atoms with Crippen LogP contribution >= 0.6 is 10.6 Å². The molecular weight excluding hydrogens is 316 g/mol. The van der Waals surface area contributed by atoms with E-state index in [2.05, 4.69) is 5.10 Å². The highest BCUT2D eigenvalue weighted by Gasteiger charge is 2.42. The number of hydrogen-bond donors (Lipinski definition) is 3. The summed E-state index contributed by atoms with van der Waals surface area (Å²) in [6.07, 6.45) is 1.34.